The van der Waals surface area contributed by atoms with E-state index >= 15 is 0 Å². The molecule has 24 heavy (non-hydrogen) atoms. The summed E-state index contributed by atoms with van der Waals surface area (Å²) < 4.78 is 4.53. The van der Waals surface area contributed by atoms with Gasteiger partial charge in [-0.2, -0.15) is 0 Å². The monoisotopic (exact) mass is 399 g/mol. The highest BCUT2D eigenvalue weighted by Gasteiger charge is 2.08. The van der Waals surface area contributed by atoms with Crippen LogP contribution in [-0.2, 0) is 6.54 Å². The first-order chi connectivity index (χ1) is 11.6. The minimum Gasteiger partial charge on any atom is -0.377 e. The number of aromatic nitrogens is 1. The zero-order chi connectivity index (χ0) is 17.1. The molecule has 6 heteroatoms. The Morgan fingerprint density at radius 1 is 1.12 bits per heavy atom. The Morgan fingerprint density at radius 2 is 1.88 bits per heavy atom. The van der Waals surface area contributed by atoms with Crippen molar-refractivity contribution >= 4 is 57.6 Å². The topological polar surface area (TPSA) is 28.2 Å². The summed E-state index contributed by atoms with van der Waals surface area (Å²) in [5.74, 6) is 0. The first-order valence-electron chi connectivity index (χ1n) is 7.75. The summed E-state index contributed by atoms with van der Waals surface area (Å²) in [5, 5.41) is 2.54. The molecule has 1 aromatic heterocycles. The van der Waals surface area contributed by atoms with E-state index in [1.165, 1.54) is 32.4 Å². The van der Waals surface area contributed by atoms with E-state index in [1.807, 2.05) is 12.4 Å². The Morgan fingerprint density at radius 3 is 2.62 bits per heavy atom. The van der Waals surface area contributed by atoms with Gasteiger partial charge in [0.2, 0.25) is 0 Å². The van der Waals surface area contributed by atoms with Gasteiger partial charge in [-0.15, -0.1) is 0 Å². The number of anilines is 1. The standard InChI is InChI=1S/C18H19BBrN3S/c1-23(2)17-7-3-6-13-12(17)5-4-8-18(13)24-22-9-14-15(19)10-21-11-16(14)20/h3-8,10-11,22H,9,19H2,1-2H3. The molecule has 0 amide bonds. The summed E-state index contributed by atoms with van der Waals surface area (Å²) >= 11 is 5.25. The number of pyridine rings is 1. The Balaban J connectivity index is 1.82. The zero-order valence-corrected chi connectivity index (χ0v) is 16.4. The Kier molecular flexibility index (Phi) is 5.48. The molecule has 1 N–H and O–H groups in total. The van der Waals surface area contributed by atoms with Crippen LogP contribution in [0.5, 0.6) is 0 Å². The predicted molar refractivity (Wildman–Crippen MR) is 111 cm³/mol. The fourth-order valence-electron chi connectivity index (χ4n) is 2.71. The molecule has 0 fully saturated rings. The molecule has 0 bridgehead atoms. The number of rotatable bonds is 5. The smallest absolute Gasteiger partial charge is 0.141 e. The van der Waals surface area contributed by atoms with Crippen molar-refractivity contribution in [3.63, 3.8) is 0 Å². The first kappa shape index (κ1) is 17.3. The number of benzene rings is 2. The van der Waals surface area contributed by atoms with Crippen LogP contribution in [0.3, 0.4) is 0 Å². The fourth-order valence-corrected chi connectivity index (χ4v) is 4.09. The Labute approximate surface area is 156 Å². The normalized spacial score (nSPS) is 11.0. The van der Waals surface area contributed by atoms with Crippen molar-refractivity contribution in [1.29, 1.82) is 0 Å². The summed E-state index contributed by atoms with van der Waals surface area (Å²) in [4.78, 5) is 7.58. The van der Waals surface area contributed by atoms with Crippen LogP contribution in [0.15, 0.2) is 58.2 Å². The van der Waals surface area contributed by atoms with E-state index < -0.39 is 0 Å². The van der Waals surface area contributed by atoms with Gasteiger partial charge in [0, 0.05) is 53.5 Å². The van der Waals surface area contributed by atoms with E-state index in [0.29, 0.717) is 0 Å². The van der Waals surface area contributed by atoms with Gasteiger partial charge in [-0.1, -0.05) is 29.7 Å². The van der Waals surface area contributed by atoms with E-state index in [9.17, 15) is 0 Å². The lowest BCUT2D eigenvalue weighted by molar-refractivity contribution is 0.971. The SMILES string of the molecule is Bc1cncc(Br)c1CNSc1cccc2c(N(C)C)cccc12. The lowest BCUT2D eigenvalue weighted by Gasteiger charge is -2.17. The highest BCUT2D eigenvalue weighted by Crippen LogP contribution is 2.32. The van der Waals surface area contributed by atoms with Crippen LogP contribution in [0.1, 0.15) is 5.56 Å². The van der Waals surface area contributed by atoms with Crippen LogP contribution in [0, 0.1) is 0 Å². The maximum atomic E-state index is 4.19. The van der Waals surface area contributed by atoms with Crippen LogP contribution >= 0.6 is 27.9 Å². The molecular weight excluding hydrogens is 381 g/mol. The molecule has 0 aliphatic carbocycles. The first-order valence-corrected chi connectivity index (χ1v) is 9.36. The Hall–Kier alpha value is -1.50. The maximum absolute atomic E-state index is 4.19. The van der Waals surface area contributed by atoms with Gasteiger partial charge < -0.3 is 4.90 Å². The second kappa shape index (κ2) is 7.59. The molecule has 0 spiro atoms. The van der Waals surface area contributed by atoms with Crippen molar-refractivity contribution in [3.8, 4) is 0 Å². The average Bonchev–Trinajstić information content (AvgIpc) is 2.57. The second-order valence-electron chi connectivity index (χ2n) is 5.86. The number of nitrogens with zero attached hydrogens (tertiary/aromatic N) is 2. The van der Waals surface area contributed by atoms with E-state index in [0.717, 1.165) is 11.0 Å². The molecular formula is C18H19BBrN3S. The van der Waals surface area contributed by atoms with Crippen molar-refractivity contribution in [2.75, 3.05) is 19.0 Å². The van der Waals surface area contributed by atoms with Crippen LogP contribution in [0.25, 0.3) is 10.8 Å². The molecule has 0 aliphatic heterocycles. The molecule has 2 aromatic carbocycles. The van der Waals surface area contributed by atoms with Crippen LogP contribution in [-0.4, -0.2) is 26.9 Å². The molecule has 122 valence electrons. The number of nitrogens with one attached hydrogen (secondary N) is 1. The lowest BCUT2D eigenvalue weighted by atomic mass is 9.93. The van der Waals surface area contributed by atoms with Gasteiger partial charge in [-0.3, -0.25) is 9.71 Å². The van der Waals surface area contributed by atoms with Gasteiger partial charge in [0.15, 0.2) is 0 Å². The molecule has 0 radical (unpaired) electrons. The van der Waals surface area contributed by atoms with Gasteiger partial charge >= 0.3 is 0 Å². The molecule has 0 saturated heterocycles. The largest absolute Gasteiger partial charge is 0.377 e. The molecule has 0 saturated carbocycles. The highest BCUT2D eigenvalue weighted by molar-refractivity contribution is 9.10. The highest BCUT2D eigenvalue weighted by atomic mass is 79.9. The van der Waals surface area contributed by atoms with Crippen LogP contribution in [0.2, 0.25) is 0 Å². The Bertz CT molecular complexity index is 850. The van der Waals surface area contributed by atoms with Gasteiger partial charge in [-0.25, -0.2) is 0 Å². The van der Waals surface area contributed by atoms with Crippen LogP contribution in [0.4, 0.5) is 5.69 Å². The number of hydrogen-bond donors (Lipinski definition) is 1. The third kappa shape index (κ3) is 3.61. The van der Waals surface area contributed by atoms with Gasteiger partial charge in [-0.05, 0) is 51.0 Å². The number of hydrogen-bond acceptors (Lipinski definition) is 4. The summed E-state index contributed by atoms with van der Waals surface area (Å²) in [6.45, 7) is 0.781. The molecule has 1 heterocycles. The third-order valence-electron chi connectivity index (χ3n) is 3.99. The van der Waals surface area contributed by atoms with Crippen molar-refractivity contribution in [2.45, 2.75) is 11.4 Å². The maximum Gasteiger partial charge on any atom is 0.141 e. The molecule has 3 rings (SSSR count). The summed E-state index contributed by atoms with van der Waals surface area (Å²) in [5.41, 5.74) is 3.67. The molecule has 0 aliphatic rings. The van der Waals surface area contributed by atoms with Gasteiger partial charge in [0.05, 0.1) is 0 Å². The fraction of sp³-hybridized carbons (Fsp3) is 0.167. The van der Waals surface area contributed by atoms with Crippen molar-refractivity contribution in [2.24, 2.45) is 0 Å². The molecule has 0 atom stereocenters. The average molecular weight is 400 g/mol. The minimum atomic E-state index is 0.781. The van der Waals surface area contributed by atoms with Crippen LogP contribution < -0.4 is 15.1 Å². The van der Waals surface area contributed by atoms with E-state index in [4.69, 9.17) is 0 Å². The van der Waals surface area contributed by atoms with Crippen molar-refractivity contribution in [3.05, 3.63) is 58.8 Å². The predicted octanol–water partition coefficient (Wildman–Crippen LogP) is 3.12. The number of halogens is 1. The number of fused-ring (bicyclic) bond motifs is 1. The lowest BCUT2D eigenvalue weighted by Crippen LogP contribution is -2.17. The van der Waals surface area contributed by atoms with Crippen molar-refractivity contribution in [1.82, 2.24) is 9.71 Å². The third-order valence-corrected chi connectivity index (χ3v) is 5.54. The summed E-state index contributed by atoms with van der Waals surface area (Å²) in [6, 6.07) is 12.9. The van der Waals surface area contributed by atoms with E-state index in [2.05, 4.69) is 88.9 Å². The molecule has 0 unspecified atom stereocenters. The van der Waals surface area contributed by atoms with Gasteiger partial charge in [0.1, 0.15) is 7.85 Å². The zero-order valence-electron chi connectivity index (χ0n) is 14.0. The van der Waals surface area contributed by atoms with E-state index in [-0.39, 0.29) is 0 Å². The minimum absolute atomic E-state index is 0.781. The van der Waals surface area contributed by atoms with E-state index in [1.54, 1.807) is 11.9 Å². The summed E-state index contributed by atoms with van der Waals surface area (Å²) in [7, 11) is 6.24. The second-order valence-corrected chi connectivity index (χ2v) is 7.65. The molecule has 3 aromatic rings. The quantitative estimate of drug-likeness (QED) is 0.527. The summed E-state index contributed by atoms with van der Waals surface area (Å²) in [6.07, 6.45) is 3.74. The van der Waals surface area contributed by atoms with Gasteiger partial charge in [0.25, 0.3) is 0 Å². The van der Waals surface area contributed by atoms with Crippen molar-refractivity contribution < 1.29 is 0 Å². The molecule has 3 nitrogen and oxygen atoms in total.